The molecule has 12 heteroatoms. The normalized spacial score (nSPS) is 10.0. The standard InChI is InChI=1S/C3H6O2.2H2O4S/c1-3(4)5-2;2*1-5(2,3)4/h1-2H3;2*(H2,1,2,3,4). The van der Waals surface area contributed by atoms with E-state index in [2.05, 4.69) is 4.74 Å². The molecule has 0 amide bonds. The number of ether oxygens (including phenoxy) is 1. The van der Waals surface area contributed by atoms with Gasteiger partial charge in [-0.2, -0.15) is 16.8 Å². The second-order valence-corrected chi connectivity index (χ2v) is 3.38. The Morgan fingerprint density at radius 1 is 0.933 bits per heavy atom. The third-order valence-electron chi connectivity index (χ3n) is 0.287. The molecule has 0 radical (unpaired) electrons. The van der Waals surface area contributed by atoms with Crippen LogP contribution in [-0.2, 0) is 30.3 Å². The van der Waals surface area contributed by atoms with E-state index in [4.69, 9.17) is 35.0 Å². The molecule has 0 aromatic carbocycles. The van der Waals surface area contributed by atoms with E-state index in [-0.39, 0.29) is 5.97 Å². The fourth-order valence-electron chi connectivity index (χ4n) is 0. The van der Waals surface area contributed by atoms with E-state index in [9.17, 15) is 4.79 Å². The minimum absolute atomic E-state index is 0.245. The second-order valence-electron chi connectivity index (χ2n) is 1.59. The molecule has 0 aromatic heterocycles. The zero-order chi connectivity index (χ0) is 13.3. The highest BCUT2D eigenvalue weighted by Gasteiger charge is 1.85. The molecule has 0 rings (SSSR count). The smallest absolute Gasteiger partial charge is 0.394 e. The average Bonchev–Trinajstić information content (AvgIpc) is 1.79. The molecule has 0 saturated carbocycles. The van der Waals surface area contributed by atoms with Crippen molar-refractivity contribution in [2.75, 3.05) is 7.11 Å². The fraction of sp³-hybridized carbons (Fsp3) is 0.667. The summed E-state index contributed by atoms with van der Waals surface area (Å²) in [5.74, 6) is -0.245. The summed E-state index contributed by atoms with van der Waals surface area (Å²) in [6, 6.07) is 0. The number of carbonyl (C=O) groups is 1. The summed E-state index contributed by atoms with van der Waals surface area (Å²) in [5, 5.41) is 0. The van der Waals surface area contributed by atoms with Crippen LogP contribution < -0.4 is 0 Å². The molecule has 94 valence electrons. The topological polar surface area (TPSA) is 175 Å². The van der Waals surface area contributed by atoms with Gasteiger partial charge < -0.3 is 4.74 Å². The first-order valence-electron chi connectivity index (χ1n) is 2.71. The maximum absolute atomic E-state index is 9.59. The van der Waals surface area contributed by atoms with Crippen LogP contribution in [0.1, 0.15) is 6.92 Å². The van der Waals surface area contributed by atoms with E-state index in [0.717, 1.165) is 0 Å². The van der Waals surface area contributed by atoms with Gasteiger partial charge in [-0.15, -0.1) is 0 Å². The van der Waals surface area contributed by atoms with Gasteiger partial charge in [-0.25, -0.2) is 0 Å². The highest BCUT2D eigenvalue weighted by atomic mass is 32.3. The third-order valence-corrected chi connectivity index (χ3v) is 0.287. The molecule has 0 atom stereocenters. The summed E-state index contributed by atoms with van der Waals surface area (Å²) in [5.41, 5.74) is 0. The van der Waals surface area contributed by atoms with Crippen LogP contribution in [0.15, 0.2) is 0 Å². The van der Waals surface area contributed by atoms with E-state index in [1.165, 1.54) is 14.0 Å². The zero-order valence-electron chi connectivity index (χ0n) is 7.55. The van der Waals surface area contributed by atoms with Gasteiger partial charge in [-0.3, -0.25) is 23.0 Å². The van der Waals surface area contributed by atoms with Gasteiger partial charge in [0.05, 0.1) is 7.11 Å². The van der Waals surface area contributed by atoms with Crippen LogP contribution in [0.2, 0.25) is 0 Å². The quantitative estimate of drug-likeness (QED) is 0.311. The van der Waals surface area contributed by atoms with Crippen LogP contribution >= 0.6 is 0 Å². The maximum Gasteiger partial charge on any atom is 0.394 e. The lowest BCUT2D eigenvalue weighted by molar-refractivity contribution is -0.137. The second kappa shape index (κ2) is 8.51. The first kappa shape index (κ1) is 19.7. The van der Waals surface area contributed by atoms with Crippen molar-refractivity contribution >= 4 is 26.8 Å². The van der Waals surface area contributed by atoms with Crippen molar-refractivity contribution in [3.05, 3.63) is 0 Å². The Labute approximate surface area is 86.0 Å². The molecule has 0 aliphatic heterocycles. The minimum Gasteiger partial charge on any atom is -0.469 e. The van der Waals surface area contributed by atoms with Gasteiger partial charge in [0.1, 0.15) is 0 Å². The van der Waals surface area contributed by atoms with E-state index in [0.29, 0.717) is 0 Å². The first-order valence-corrected chi connectivity index (χ1v) is 5.51. The lowest BCUT2D eigenvalue weighted by Gasteiger charge is -1.80. The van der Waals surface area contributed by atoms with Crippen molar-refractivity contribution in [3.8, 4) is 0 Å². The van der Waals surface area contributed by atoms with Gasteiger partial charge in [0.15, 0.2) is 0 Å². The fourth-order valence-corrected chi connectivity index (χ4v) is 0. The molecule has 0 aliphatic carbocycles. The molecule has 0 aromatic rings. The van der Waals surface area contributed by atoms with Crippen molar-refractivity contribution in [1.29, 1.82) is 0 Å². The monoisotopic (exact) mass is 270 g/mol. The Bertz CT molecular complexity index is 302. The van der Waals surface area contributed by atoms with Crippen LogP contribution in [0.5, 0.6) is 0 Å². The number of hydrogen-bond acceptors (Lipinski definition) is 6. The van der Waals surface area contributed by atoms with Crippen molar-refractivity contribution < 1.29 is 44.6 Å². The average molecular weight is 270 g/mol. The van der Waals surface area contributed by atoms with Crippen molar-refractivity contribution in [3.63, 3.8) is 0 Å². The van der Waals surface area contributed by atoms with Gasteiger partial charge in [-0.05, 0) is 0 Å². The van der Waals surface area contributed by atoms with Crippen LogP contribution in [0.25, 0.3) is 0 Å². The van der Waals surface area contributed by atoms with E-state index < -0.39 is 20.8 Å². The Hall–Kier alpha value is -0.790. The van der Waals surface area contributed by atoms with Crippen molar-refractivity contribution in [2.24, 2.45) is 0 Å². The number of rotatable bonds is 0. The van der Waals surface area contributed by atoms with Gasteiger partial charge >= 0.3 is 26.8 Å². The minimum atomic E-state index is -4.67. The van der Waals surface area contributed by atoms with Crippen molar-refractivity contribution in [1.82, 2.24) is 0 Å². The molecule has 0 spiro atoms. The van der Waals surface area contributed by atoms with E-state index in [1.807, 2.05) is 0 Å². The number of methoxy groups -OCH3 is 1. The van der Waals surface area contributed by atoms with Gasteiger partial charge in [0, 0.05) is 6.92 Å². The molecule has 4 N–H and O–H groups in total. The molecule has 0 aliphatic rings. The summed E-state index contributed by atoms with van der Waals surface area (Å²) in [7, 11) is -7.98. The largest absolute Gasteiger partial charge is 0.469 e. The summed E-state index contributed by atoms with van der Waals surface area (Å²) < 4.78 is 67.3. The predicted octanol–water partition coefficient (Wildman–Crippen LogP) is -1.13. The molecular formula is C3H10O10S2. The molecule has 10 nitrogen and oxygen atoms in total. The Kier molecular flexibility index (Phi) is 11.2. The SMILES string of the molecule is COC(C)=O.O=S(=O)(O)O.O=S(=O)(O)O. The Morgan fingerprint density at radius 2 is 1.00 bits per heavy atom. The van der Waals surface area contributed by atoms with Gasteiger partial charge in [0.25, 0.3) is 0 Å². The van der Waals surface area contributed by atoms with Crippen LogP contribution in [0.4, 0.5) is 0 Å². The predicted molar refractivity (Wildman–Crippen MR) is 46.0 cm³/mol. The summed E-state index contributed by atoms with van der Waals surface area (Å²) in [6.45, 7) is 1.36. The number of esters is 1. The Balaban J connectivity index is -0.000000144. The summed E-state index contributed by atoms with van der Waals surface area (Å²) in [4.78, 5) is 9.59. The van der Waals surface area contributed by atoms with Crippen LogP contribution in [0.3, 0.4) is 0 Å². The van der Waals surface area contributed by atoms with Gasteiger partial charge in [-0.1, -0.05) is 0 Å². The molecule has 0 unspecified atom stereocenters. The van der Waals surface area contributed by atoms with Crippen LogP contribution in [0, 0.1) is 0 Å². The lowest BCUT2D eigenvalue weighted by Crippen LogP contribution is -1.89. The zero-order valence-corrected chi connectivity index (χ0v) is 9.19. The lowest BCUT2D eigenvalue weighted by atomic mass is 10.8. The molecule has 0 saturated heterocycles. The molecular weight excluding hydrogens is 260 g/mol. The highest BCUT2D eigenvalue weighted by Crippen LogP contribution is 1.60. The Morgan fingerprint density at radius 3 is 1.00 bits per heavy atom. The highest BCUT2D eigenvalue weighted by molar-refractivity contribution is 7.80. The molecule has 15 heavy (non-hydrogen) atoms. The van der Waals surface area contributed by atoms with Crippen molar-refractivity contribution in [2.45, 2.75) is 6.92 Å². The third kappa shape index (κ3) is 1130. The summed E-state index contributed by atoms with van der Waals surface area (Å²) >= 11 is 0. The van der Waals surface area contributed by atoms with Gasteiger partial charge in [0.2, 0.25) is 0 Å². The molecule has 0 bridgehead atoms. The number of carbonyl (C=O) groups excluding carboxylic acids is 1. The van der Waals surface area contributed by atoms with Crippen LogP contribution in [-0.4, -0.2) is 48.1 Å². The number of hydrogen-bond donors (Lipinski definition) is 4. The summed E-state index contributed by atoms with van der Waals surface area (Å²) in [6.07, 6.45) is 0. The van der Waals surface area contributed by atoms with E-state index >= 15 is 0 Å². The first-order chi connectivity index (χ1) is 6.27. The maximum atomic E-state index is 9.59. The van der Waals surface area contributed by atoms with E-state index in [1.54, 1.807) is 0 Å². The molecule has 0 fully saturated rings. The molecule has 0 heterocycles.